The van der Waals surface area contributed by atoms with Gasteiger partial charge in [-0.15, -0.1) is 0 Å². The molecule has 1 aliphatic rings. The Morgan fingerprint density at radius 3 is 2.67 bits per heavy atom. The van der Waals surface area contributed by atoms with Gasteiger partial charge in [-0.3, -0.25) is 9.36 Å². The number of aromatic nitrogens is 1. The van der Waals surface area contributed by atoms with Gasteiger partial charge in [-0.1, -0.05) is 83.1 Å². The lowest BCUT2D eigenvalue weighted by Gasteiger charge is -2.21. The van der Waals surface area contributed by atoms with E-state index in [0.29, 0.717) is 36.2 Å². The summed E-state index contributed by atoms with van der Waals surface area (Å²) in [7, 11) is 0. The zero-order chi connectivity index (χ0) is 23.5. The number of fused-ring (bicyclic) bond motifs is 1. The fraction of sp³-hybridized carbons (Fsp3) is 0.160. The van der Waals surface area contributed by atoms with E-state index < -0.39 is 12.0 Å². The minimum absolute atomic E-state index is 0.226. The lowest BCUT2D eigenvalue weighted by molar-refractivity contribution is -0.139. The zero-order valence-corrected chi connectivity index (χ0v) is 20.2. The van der Waals surface area contributed by atoms with Crippen molar-refractivity contribution in [3.63, 3.8) is 0 Å². The zero-order valence-electron chi connectivity index (χ0n) is 17.9. The first-order valence-electron chi connectivity index (χ1n) is 10.3. The number of thiazole rings is 1. The van der Waals surface area contributed by atoms with Gasteiger partial charge in [-0.2, -0.15) is 0 Å². The Hall–Kier alpha value is -2.93. The molecule has 1 aliphatic heterocycles. The Balaban J connectivity index is 1.89. The predicted molar refractivity (Wildman–Crippen MR) is 133 cm³/mol. The molecule has 1 aromatic heterocycles. The first-order chi connectivity index (χ1) is 15.9. The third-order valence-electron chi connectivity index (χ3n) is 5.08. The Bertz CT molecular complexity index is 1450. The standard InChI is InChI=1S/C25H20Cl2N2O3S/c1-3-32-24(31)22-15(2)28-25-29(20(22)12-9-16-7-5-4-6-8-16)23(30)21(33-25)13-17-10-11-18(26)14-19(17)27/h4-14,20H,3H2,1-2H3/b12-9+,21-13-. The molecule has 1 atom stereocenters. The average Bonchev–Trinajstić information content (AvgIpc) is 3.09. The van der Waals surface area contributed by atoms with E-state index in [1.807, 2.05) is 42.5 Å². The summed E-state index contributed by atoms with van der Waals surface area (Å²) >= 11 is 13.5. The van der Waals surface area contributed by atoms with E-state index in [2.05, 4.69) is 4.99 Å². The van der Waals surface area contributed by atoms with Crippen molar-refractivity contribution in [2.45, 2.75) is 19.9 Å². The number of carbonyl (C=O) groups is 1. The molecule has 3 aromatic rings. The maximum absolute atomic E-state index is 13.5. The van der Waals surface area contributed by atoms with Crippen LogP contribution in [-0.2, 0) is 9.53 Å². The number of hydrogen-bond donors (Lipinski definition) is 0. The molecule has 0 bridgehead atoms. The number of rotatable bonds is 5. The van der Waals surface area contributed by atoms with Crippen LogP contribution in [0.3, 0.4) is 0 Å². The summed E-state index contributed by atoms with van der Waals surface area (Å²) in [6, 6.07) is 14.1. The summed E-state index contributed by atoms with van der Waals surface area (Å²) in [6.45, 7) is 3.72. The Labute approximate surface area is 204 Å². The molecular weight excluding hydrogens is 479 g/mol. The molecule has 2 heterocycles. The molecule has 0 saturated carbocycles. The summed E-state index contributed by atoms with van der Waals surface area (Å²) in [5.74, 6) is -0.489. The molecule has 0 radical (unpaired) electrons. The molecule has 33 heavy (non-hydrogen) atoms. The molecule has 8 heteroatoms. The van der Waals surface area contributed by atoms with Crippen LogP contribution in [0.2, 0.25) is 10.0 Å². The minimum Gasteiger partial charge on any atom is -0.463 e. The van der Waals surface area contributed by atoms with Crippen LogP contribution in [0.15, 0.2) is 75.7 Å². The maximum atomic E-state index is 13.5. The lowest BCUT2D eigenvalue weighted by Crippen LogP contribution is -2.38. The molecule has 4 rings (SSSR count). The highest BCUT2D eigenvalue weighted by Crippen LogP contribution is 2.26. The molecule has 0 amide bonds. The van der Waals surface area contributed by atoms with E-state index in [0.717, 1.165) is 5.56 Å². The van der Waals surface area contributed by atoms with E-state index in [-0.39, 0.29) is 12.2 Å². The quantitative estimate of drug-likeness (QED) is 0.476. The second-order valence-corrected chi connectivity index (χ2v) is 9.13. The number of hydrogen-bond acceptors (Lipinski definition) is 5. The monoisotopic (exact) mass is 498 g/mol. The second-order valence-electron chi connectivity index (χ2n) is 7.28. The first-order valence-corrected chi connectivity index (χ1v) is 11.8. The summed E-state index contributed by atoms with van der Waals surface area (Å²) in [4.78, 5) is 31.3. The molecular formula is C25H20Cl2N2O3S. The fourth-order valence-corrected chi connectivity index (χ4v) is 5.05. The van der Waals surface area contributed by atoms with E-state index in [4.69, 9.17) is 27.9 Å². The summed E-state index contributed by atoms with van der Waals surface area (Å²) in [5, 5.41) is 0.955. The second kappa shape index (κ2) is 9.91. The van der Waals surface area contributed by atoms with Crippen molar-refractivity contribution in [2.75, 3.05) is 6.61 Å². The highest BCUT2D eigenvalue weighted by atomic mass is 35.5. The van der Waals surface area contributed by atoms with Gasteiger partial charge in [0.25, 0.3) is 5.56 Å². The van der Waals surface area contributed by atoms with E-state index in [9.17, 15) is 9.59 Å². The van der Waals surface area contributed by atoms with Crippen molar-refractivity contribution in [1.82, 2.24) is 4.57 Å². The summed E-state index contributed by atoms with van der Waals surface area (Å²) in [6.07, 6.45) is 5.43. The number of benzene rings is 2. The molecule has 0 saturated heterocycles. The third-order valence-corrected chi connectivity index (χ3v) is 6.62. The number of esters is 1. The van der Waals surface area contributed by atoms with Gasteiger partial charge in [0.05, 0.1) is 28.5 Å². The minimum atomic E-state index is -0.650. The van der Waals surface area contributed by atoms with Crippen LogP contribution in [0.1, 0.15) is 31.0 Å². The smallest absolute Gasteiger partial charge is 0.338 e. The molecule has 5 nitrogen and oxygen atoms in total. The van der Waals surface area contributed by atoms with Crippen molar-refractivity contribution in [1.29, 1.82) is 0 Å². The predicted octanol–water partition coefficient (Wildman–Crippen LogP) is 4.77. The van der Waals surface area contributed by atoms with Crippen LogP contribution in [-0.4, -0.2) is 17.1 Å². The number of allylic oxidation sites excluding steroid dienone is 2. The van der Waals surface area contributed by atoms with Crippen LogP contribution < -0.4 is 14.9 Å². The van der Waals surface area contributed by atoms with Crippen molar-refractivity contribution < 1.29 is 9.53 Å². The van der Waals surface area contributed by atoms with Crippen LogP contribution in [0.5, 0.6) is 0 Å². The number of carbonyl (C=O) groups excluding carboxylic acids is 1. The number of halogens is 2. The van der Waals surface area contributed by atoms with E-state index >= 15 is 0 Å². The summed E-state index contributed by atoms with van der Waals surface area (Å²) < 4.78 is 7.26. The van der Waals surface area contributed by atoms with E-state index in [1.165, 1.54) is 15.9 Å². The number of nitrogens with zero attached hydrogens (tertiary/aromatic N) is 2. The molecule has 0 fully saturated rings. The van der Waals surface area contributed by atoms with E-state index in [1.54, 1.807) is 38.1 Å². The lowest BCUT2D eigenvalue weighted by atomic mass is 10.0. The Kier molecular flexibility index (Phi) is 6.98. The van der Waals surface area contributed by atoms with Gasteiger partial charge in [0, 0.05) is 10.0 Å². The largest absolute Gasteiger partial charge is 0.463 e. The van der Waals surface area contributed by atoms with Crippen molar-refractivity contribution in [3.8, 4) is 0 Å². The molecule has 0 aliphatic carbocycles. The highest BCUT2D eigenvalue weighted by Gasteiger charge is 2.30. The third kappa shape index (κ3) is 4.88. The SMILES string of the molecule is CCOC(=O)C1=C(C)N=c2s/c(=C\c3ccc(Cl)cc3Cl)c(=O)n2C1/C=C/c1ccccc1. The van der Waals surface area contributed by atoms with Crippen molar-refractivity contribution in [3.05, 3.63) is 107 Å². The average molecular weight is 499 g/mol. The van der Waals surface area contributed by atoms with Gasteiger partial charge in [0.1, 0.15) is 0 Å². The van der Waals surface area contributed by atoms with Crippen molar-refractivity contribution >= 4 is 52.7 Å². The summed E-state index contributed by atoms with van der Waals surface area (Å²) in [5.41, 5.74) is 2.22. The van der Waals surface area contributed by atoms with Gasteiger partial charge in [-0.25, -0.2) is 9.79 Å². The fourth-order valence-electron chi connectivity index (χ4n) is 3.54. The van der Waals surface area contributed by atoms with Crippen LogP contribution in [0, 0.1) is 0 Å². The van der Waals surface area contributed by atoms with Gasteiger partial charge in [0.15, 0.2) is 4.80 Å². The van der Waals surface area contributed by atoms with Crippen LogP contribution in [0.25, 0.3) is 12.2 Å². The van der Waals surface area contributed by atoms with Gasteiger partial charge >= 0.3 is 5.97 Å². The Morgan fingerprint density at radius 1 is 1.21 bits per heavy atom. The molecule has 0 spiro atoms. The topological polar surface area (TPSA) is 60.7 Å². The molecule has 1 unspecified atom stereocenters. The number of ether oxygens (including phenoxy) is 1. The van der Waals surface area contributed by atoms with Gasteiger partial charge in [0.2, 0.25) is 0 Å². The maximum Gasteiger partial charge on any atom is 0.338 e. The molecule has 2 aromatic carbocycles. The van der Waals surface area contributed by atoms with Crippen molar-refractivity contribution in [2.24, 2.45) is 4.99 Å². The molecule has 168 valence electrons. The highest BCUT2D eigenvalue weighted by molar-refractivity contribution is 7.07. The van der Waals surface area contributed by atoms with Gasteiger partial charge < -0.3 is 4.74 Å². The molecule has 0 N–H and O–H groups in total. The van der Waals surface area contributed by atoms with Crippen LogP contribution in [0.4, 0.5) is 0 Å². The Morgan fingerprint density at radius 2 is 1.97 bits per heavy atom. The first kappa shape index (κ1) is 23.2. The van der Waals surface area contributed by atoms with Crippen LogP contribution >= 0.6 is 34.5 Å². The normalized spacial score (nSPS) is 16.1. The van der Waals surface area contributed by atoms with Gasteiger partial charge in [-0.05, 0) is 43.2 Å².